The number of amidine groups is 1. The van der Waals surface area contributed by atoms with Gasteiger partial charge < -0.3 is 4.74 Å². The van der Waals surface area contributed by atoms with E-state index in [4.69, 9.17) is 9.73 Å². The molecule has 3 aromatic carbocycles. The predicted octanol–water partition coefficient (Wildman–Crippen LogP) is 6.98. The molecule has 0 bridgehead atoms. The minimum absolute atomic E-state index is 0.0173. The van der Waals surface area contributed by atoms with E-state index < -0.39 is 0 Å². The Balaban J connectivity index is 1.49. The zero-order chi connectivity index (χ0) is 23.0. The highest BCUT2D eigenvalue weighted by Crippen LogP contribution is 2.34. The van der Waals surface area contributed by atoms with Crippen molar-refractivity contribution in [3.05, 3.63) is 100 Å². The smallest absolute Gasteiger partial charge is 0.266 e. The average Bonchev–Trinajstić information content (AvgIpc) is 3.13. The third-order valence-electron chi connectivity index (χ3n) is 5.31. The van der Waals surface area contributed by atoms with Gasteiger partial charge in [0.2, 0.25) is 0 Å². The lowest BCUT2D eigenvalue weighted by Gasteiger charge is -2.14. The van der Waals surface area contributed by atoms with Crippen LogP contribution in [0.5, 0.6) is 5.75 Å². The maximum atomic E-state index is 13.1. The molecule has 0 aromatic heterocycles. The molecule has 3 aromatic rings. The van der Waals surface area contributed by atoms with Gasteiger partial charge >= 0.3 is 0 Å². The number of aryl methyl sites for hydroxylation is 1. The normalized spacial score (nSPS) is 16.1. The summed E-state index contributed by atoms with van der Waals surface area (Å²) in [6.07, 6.45) is 3.90. The number of thioether (sulfide) groups is 1. The van der Waals surface area contributed by atoms with Crippen molar-refractivity contribution in [2.24, 2.45) is 4.99 Å². The quantitative estimate of drug-likeness (QED) is 0.343. The van der Waals surface area contributed by atoms with Gasteiger partial charge in [0, 0.05) is 6.54 Å². The minimum atomic E-state index is 0.0173. The molecule has 1 aliphatic heterocycles. The molecule has 0 N–H and O–H groups in total. The van der Waals surface area contributed by atoms with Crippen LogP contribution in [-0.2, 0) is 11.4 Å². The van der Waals surface area contributed by atoms with Crippen molar-refractivity contribution >= 4 is 34.6 Å². The van der Waals surface area contributed by atoms with Crippen molar-refractivity contribution in [1.29, 1.82) is 0 Å². The highest BCUT2D eigenvalue weighted by Gasteiger charge is 2.32. The molecule has 0 unspecified atom stereocenters. The topological polar surface area (TPSA) is 41.9 Å². The van der Waals surface area contributed by atoms with Gasteiger partial charge in [0.25, 0.3) is 5.91 Å². The van der Waals surface area contributed by atoms with Crippen LogP contribution in [0.1, 0.15) is 36.5 Å². The zero-order valence-electron chi connectivity index (χ0n) is 19.0. The average molecular weight is 457 g/mol. The highest BCUT2D eigenvalue weighted by atomic mass is 32.2. The number of amides is 1. The molecule has 1 heterocycles. The lowest BCUT2D eigenvalue weighted by Crippen LogP contribution is -2.30. The number of hydrogen-bond donors (Lipinski definition) is 0. The lowest BCUT2D eigenvalue weighted by atomic mass is 10.2. The second-order valence-electron chi connectivity index (χ2n) is 7.99. The maximum Gasteiger partial charge on any atom is 0.266 e. The van der Waals surface area contributed by atoms with E-state index >= 15 is 0 Å². The summed E-state index contributed by atoms with van der Waals surface area (Å²) in [7, 11) is 0. The van der Waals surface area contributed by atoms with Crippen molar-refractivity contribution in [2.75, 3.05) is 6.54 Å². The van der Waals surface area contributed by atoms with Gasteiger partial charge in [0.1, 0.15) is 12.4 Å². The van der Waals surface area contributed by atoms with Gasteiger partial charge in [-0.25, -0.2) is 4.99 Å². The van der Waals surface area contributed by atoms with Crippen LogP contribution in [0, 0.1) is 6.92 Å². The summed E-state index contributed by atoms with van der Waals surface area (Å²) >= 11 is 1.44. The van der Waals surface area contributed by atoms with Crippen molar-refractivity contribution in [3.8, 4) is 5.75 Å². The van der Waals surface area contributed by atoms with E-state index in [9.17, 15) is 4.79 Å². The standard InChI is InChI=1S/C28H28N2O2S/c1-3-4-18-30-27(31)26(33-28(30)29-24-14-10-21(2)11-15-24)19-22-12-16-25(17-13-22)32-20-23-8-6-5-7-9-23/h5-17,19H,3-4,18,20H2,1-2H3/b26-19+,29-28?. The predicted molar refractivity (Wildman–Crippen MR) is 138 cm³/mol. The van der Waals surface area contributed by atoms with Crippen LogP contribution in [0.3, 0.4) is 0 Å². The van der Waals surface area contributed by atoms with Crippen LogP contribution >= 0.6 is 11.8 Å². The Morgan fingerprint density at radius 3 is 2.39 bits per heavy atom. The Morgan fingerprint density at radius 2 is 1.70 bits per heavy atom. The van der Waals surface area contributed by atoms with Gasteiger partial charge in [-0.3, -0.25) is 9.69 Å². The summed E-state index contributed by atoms with van der Waals surface area (Å²) in [4.78, 5) is 20.4. The molecule has 1 aliphatic rings. The van der Waals surface area contributed by atoms with E-state index in [1.807, 2.05) is 84.9 Å². The highest BCUT2D eigenvalue weighted by molar-refractivity contribution is 8.18. The van der Waals surface area contributed by atoms with Crippen LogP contribution < -0.4 is 4.74 Å². The largest absolute Gasteiger partial charge is 0.489 e. The first-order valence-corrected chi connectivity index (χ1v) is 12.1. The molecule has 0 aliphatic carbocycles. The van der Waals surface area contributed by atoms with Crippen molar-refractivity contribution in [2.45, 2.75) is 33.3 Å². The molecule has 168 valence electrons. The molecule has 1 fully saturated rings. The number of hydrogen-bond acceptors (Lipinski definition) is 4. The molecule has 1 saturated heterocycles. The van der Waals surface area contributed by atoms with Gasteiger partial charge in [-0.1, -0.05) is 73.5 Å². The molecule has 1 amide bonds. The number of ether oxygens (including phenoxy) is 1. The van der Waals surface area contributed by atoms with Crippen molar-refractivity contribution in [3.63, 3.8) is 0 Å². The van der Waals surface area contributed by atoms with Gasteiger partial charge in [-0.2, -0.15) is 0 Å². The lowest BCUT2D eigenvalue weighted by molar-refractivity contribution is -0.122. The number of rotatable bonds is 8. The third-order valence-corrected chi connectivity index (χ3v) is 6.31. The SMILES string of the molecule is CCCCN1C(=O)/C(=C\c2ccc(OCc3ccccc3)cc2)SC1=Nc1ccc(C)cc1. The summed E-state index contributed by atoms with van der Waals surface area (Å²) in [5.74, 6) is 0.821. The fraction of sp³-hybridized carbons (Fsp3) is 0.214. The van der Waals surface area contributed by atoms with E-state index in [0.29, 0.717) is 18.1 Å². The number of aliphatic imine (C=N–C) groups is 1. The number of carbonyl (C=O) groups is 1. The summed E-state index contributed by atoms with van der Waals surface area (Å²) in [5, 5.41) is 0.742. The minimum Gasteiger partial charge on any atom is -0.489 e. The van der Waals surface area contributed by atoms with Gasteiger partial charge in [0.15, 0.2) is 5.17 Å². The van der Waals surface area contributed by atoms with Crippen LogP contribution in [0.15, 0.2) is 88.8 Å². The second-order valence-corrected chi connectivity index (χ2v) is 9.00. The van der Waals surface area contributed by atoms with Crippen molar-refractivity contribution < 1.29 is 9.53 Å². The molecular weight excluding hydrogens is 428 g/mol. The Kier molecular flexibility index (Phi) is 7.63. The molecule has 0 atom stereocenters. The molecular formula is C28H28N2O2S. The molecule has 0 saturated carbocycles. The fourth-order valence-electron chi connectivity index (χ4n) is 3.39. The van der Waals surface area contributed by atoms with E-state index in [0.717, 1.165) is 40.6 Å². The van der Waals surface area contributed by atoms with E-state index in [2.05, 4.69) is 13.8 Å². The maximum absolute atomic E-state index is 13.1. The molecule has 4 nitrogen and oxygen atoms in total. The summed E-state index contributed by atoms with van der Waals surface area (Å²) in [6, 6.07) is 26.0. The van der Waals surface area contributed by atoms with Crippen molar-refractivity contribution in [1.82, 2.24) is 4.90 Å². The second kappa shape index (κ2) is 11.0. The van der Waals surface area contributed by atoms with Crippen LogP contribution in [0.4, 0.5) is 5.69 Å². The summed E-state index contributed by atoms with van der Waals surface area (Å²) in [5.41, 5.74) is 4.14. The first kappa shape index (κ1) is 22.9. The summed E-state index contributed by atoms with van der Waals surface area (Å²) in [6.45, 7) is 5.39. The first-order valence-electron chi connectivity index (χ1n) is 11.3. The zero-order valence-corrected chi connectivity index (χ0v) is 19.8. The van der Waals surface area contributed by atoms with E-state index in [1.54, 1.807) is 4.90 Å². The molecule has 0 spiro atoms. The number of benzene rings is 3. The van der Waals surface area contributed by atoms with Crippen LogP contribution in [0.25, 0.3) is 6.08 Å². The van der Waals surface area contributed by atoms with Crippen LogP contribution in [0.2, 0.25) is 0 Å². The number of unbranched alkanes of at least 4 members (excludes halogenated alkanes) is 1. The Morgan fingerprint density at radius 1 is 0.970 bits per heavy atom. The Bertz CT molecular complexity index is 1140. The Labute approximate surface area is 200 Å². The number of carbonyl (C=O) groups excluding carboxylic acids is 1. The van der Waals surface area contributed by atoms with Gasteiger partial charge in [-0.15, -0.1) is 0 Å². The molecule has 4 rings (SSSR count). The fourth-order valence-corrected chi connectivity index (χ4v) is 4.41. The third kappa shape index (κ3) is 6.14. The monoisotopic (exact) mass is 456 g/mol. The summed E-state index contributed by atoms with van der Waals surface area (Å²) < 4.78 is 5.87. The van der Waals surface area contributed by atoms with E-state index in [-0.39, 0.29) is 5.91 Å². The van der Waals surface area contributed by atoms with E-state index in [1.165, 1.54) is 17.3 Å². The molecule has 33 heavy (non-hydrogen) atoms. The molecule has 0 radical (unpaired) electrons. The first-order chi connectivity index (χ1) is 16.1. The van der Waals surface area contributed by atoms with Gasteiger partial charge in [-0.05, 0) is 66.6 Å². The number of nitrogens with zero attached hydrogens (tertiary/aromatic N) is 2. The molecule has 5 heteroatoms. The van der Waals surface area contributed by atoms with Gasteiger partial charge in [0.05, 0.1) is 10.6 Å². The Hall–Kier alpha value is -3.31. The van der Waals surface area contributed by atoms with Crippen LogP contribution in [-0.4, -0.2) is 22.5 Å².